The first kappa shape index (κ1) is 14.0. The molecule has 1 heterocycles. The lowest BCUT2D eigenvalue weighted by molar-refractivity contribution is 0.0768. The summed E-state index contributed by atoms with van der Waals surface area (Å²) in [6.45, 7) is 4.74. The van der Waals surface area contributed by atoms with Gasteiger partial charge in [-0.3, -0.25) is 9.78 Å². The number of carbonyl (C=O) groups is 1. The van der Waals surface area contributed by atoms with Crippen LogP contribution in [0.15, 0.2) is 23.6 Å². The first-order valence-corrected chi connectivity index (χ1v) is 5.75. The van der Waals surface area contributed by atoms with Crippen LogP contribution in [-0.2, 0) is 0 Å². The maximum atomic E-state index is 12.2. The van der Waals surface area contributed by atoms with Gasteiger partial charge >= 0.3 is 0 Å². The molecule has 0 aliphatic heterocycles. The number of pyridine rings is 1. The van der Waals surface area contributed by atoms with E-state index in [1.165, 1.54) is 0 Å². The van der Waals surface area contributed by atoms with Gasteiger partial charge in [0, 0.05) is 31.9 Å². The molecular formula is C12H18N4O2. The minimum atomic E-state index is -0.0977. The Morgan fingerprint density at radius 2 is 2.28 bits per heavy atom. The molecule has 0 aliphatic rings. The van der Waals surface area contributed by atoms with Crippen LogP contribution in [-0.4, -0.2) is 39.9 Å². The molecule has 3 N–H and O–H groups in total. The van der Waals surface area contributed by atoms with Crippen LogP contribution < -0.4 is 5.73 Å². The highest BCUT2D eigenvalue weighted by atomic mass is 16.4. The third-order valence-electron chi connectivity index (χ3n) is 2.56. The predicted molar refractivity (Wildman–Crippen MR) is 68.6 cm³/mol. The summed E-state index contributed by atoms with van der Waals surface area (Å²) in [6, 6.07) is 1.79. The predicted octanol–water partition coefficient (Wildman–Crippen LogP) is 0.989. The second kappa shape index (κ2) is 6.58. The standard InChI is InChI=1S/C12H18N4O2/c1-3-16(5-4-11(13)15-18)12(17)10-6-9(2)7-14-8-10/h6-8,18H,3-5H2,1-2H3,(H2,13,15). The number of amidine groups is 1. The van der Waals surface area contributed by atoms with Crippen molar-refractivity contribution in [2.45, 2.75) is 20.3 Å². The molecule has 0 bridgehead atoms. The van der Waals surface area contributed by atoms with E-state index < -0.39 is 0 Å². The largest absolute Gasteiger partial charge is 0.409 e. The molecule has 0 saturated heterocycles. The third kappa shape index (κ3) is 3.73. The van der Waals surface area contributed by atoms with Crippen LogP contribution in [0.2, 0.25) is 0 Å². The molecule has 98 valence electrons. The Labute approximate surface area is 106 Å². The highest BCUT2D eigenvalue weighted by Gasteiger charge is 2.14. The van der Waals surface area contributed by atoms with E-state index in [0.29, 0.717) is 25.1 Å². The first-order valence-electron chi connectivity index (χ1n) is 5.75. The van der Waals surface area contributed by atoms with E-state index in [-0.39, 0.29) is 11.7 Å². The molecule has 18 heavy (non-hydrogen) atoms. The third-order valence-corrected chi connectivity index (χ3v) is 2.56. The second-order valence-electron chi connectivity index (χ2n) is 3.98. The molecule has 1 rings (SSSR count). The van der Waals surface area contributed by atoms with Crippen LogP contribution in [0.4, 0.5) is 0 Å². The van der Waals surface area contributed by atoms with Crippen LogP contribution in [0, 0.1) is 6.92 Å². The van der Waals surface area contributed by atoms with Crippen molar-refractivity contribution < 1.29 is 10.0 Å². The Balaban J connectivity index is 2.73. The molecule has 0 spiro atoms. The quantitative estimate of drug-likeness (QED) is 0.353. The van der Waals surface area contributed by atoms with Crippen LogP contribution in [0.1, 0.15) is 29.3 Å². The lowest BCUT2D eigenvalue weighted by Gasteiger charge is -2.20. The van der Waals surface area contributed by atoms with Gasteiger partial charge in [0.15, 0.2) is 0 Å². The number of carbonyl (C=O) groups excluding carboxylic acids is 1. The number of aromatic nitrogens is 1. The molecule has 1 aromatic rings. The number of hydrogen-bond acceptors (Lipinski definition) is 4. The summed E-state index contributed by atoms with van der Waals surface area (Å²) >= 11 is 0. The summed E-state index contributed by atoms with van der Waals surface area (Å²) in [6.07, 6.45) is 3.58. The molecule has 0 radical (unpaired) electrons. The Morgan fingerprint density at radius 3 is 2.83 bits per heavy atom. The van der Waals surface area contributed by atoms with Gasteiger partial charge in [0.05, 0.1) is 5.56 Å². The average molecular weight is 250 g/mol. The number of rotatable bonds is 5. The molecule has 0 saturated carbocycles. The molecule has 0 aromatic carbocycles. The van der Waals surface area contributed by atoms with Gasteiger partial charge in [-0.15, -0.1) is 0 Å². The van der Waals surface area contributed by atoms with Crippen molar-refractivity contribution in [3.63, 3.8) is 0 Å². The maximum absolute atomic E-state index is 12.2. The van der Waals surface area contributed by atoms with Crippen molar-refractivity contribution in [3.05, 3.63) is 29.6 Å². The minimum Gasteiger partial charge on any atom is -0.409 e. The fourth-order valence-corrected chi connectivity index (χ4v) is 1.56. The van der Waals surface area contributed by atoms with Gasteiger partial charge < -0.3 is 15.8 Å². The minimum absolute atomic E-state index is 0.0977. The summed E-state index contributed by atoms with van der Waals surface area (Å²) in [5.41, 5.74) is 6.88. The van der Waals surface area contributed by atoms with Gasteiger partial charge in [0.25, 0.3) is 5.91 Å². The Morgan fingerprint density at radius 1 is 1.56 bits per heavy atom. The number of amides is 1. The lowest BCUT2D eigenvalue weighted by atomic mass is 10.2. The Kier molecular flexibility index (Phi) is 5.10. The van der Waals surface area contributed by atoms with E-state index in [2.05, 4.69) is 10.1 Å². The summed E-state index contributed by atoms with van der Waals surface area (Å²) in [5, 5.41) is 11.3. The highest BCUT2D eigenvalue weighted by molar-refractivity contribution is 5.94. The van der Waals surface area contributed by atoms with E-state index in [9.17, 15) is 4.79 Å². The first-order chi connectivity index (χ1) is 8.58. The molecule has 0 atom stereocenters. The van der Waals surface area contributed by atoms with Crippen LogP contribution in [0.5, 0.6) is 0 Å². The molecule has 6 nitrogen and oxygen atoms in total. The number of hydrogen-bond donors (Lipinski definition) is 2. The highest BCUT2D eigenvalue weighted by Crippen LogP contribution is 2.06. The van der Waals surface area contributed by atoms with Gasteiger partial charge in [-0.05, 0) is 25.5 Å². The smallest absolute Gasteiger partial charge is 0.255 e. The van der Waals surface area contributed by atoms with Gasteiger partial charge in [-0.25, -0.2) is 0 Å². The van der Waals surface area contributed by atoms with Crippen molar-refractivity contribution in [2.75, 3.05) is 13.1 Å². The molecule has 0 fully saturated rings. The zero-order chi connectivity index (χ0) is 13.5. The molecule has 0 unspecified atom stereocenters. The molecule has 1 amide bonds. The second-order valence-corrected chi connectivity index (χ2v) is 3.98. The van der Waals surface area contributed by atoms with Crippen molar-refractivity contribution in [1.82, 2.24) is 9.88 Å². The number of nitrogens with zero attached hydrogens (tertiary/aromatic N) is 3. The SMILES string of the molecule is CCN(CCC(N)=NO)C(=O)c1cncc(C)c1. The molecule has 6 heteroatoms. The van der Waals surface area contributed by atoms with Gasteiger partial charge in [-0.2, -0.15) is 0 Å². The van der Waals surface area contributed by atoms with Gasteiger partial charge in [-0.1, -0.05) is 5.16 Å². The van der Waals surface area contributed by atoms with Gasteiger partial charge in [0.2, 0.25) is 0 Å². The normalized spacial score (nSPS) is 11.3. The molecular weight excluding hydrogens is 232 g/mol. The van der Waals surface area contributed by atoms with E-state index in [1.54, 1.807) is 23.4 Å². The zero-order valence-corrected chi connectivity index (χ0v) is 10.6. The fourth-order valence-electron chi connectivity index (χ4n) is 1.56. The van der Waals surface area contributed by atoms with E-state index >= 15 is 0 Å². The summed E-state index contributed by atoms with van der Waals surface area (Å²) < 4.78 is 0. The van der Waals surface area contributed by atoms with Crippen molar-refractivity contribution in [3.8, 4) is 0 Å². The topological polar surface area (TPSA) is 91.8 Å². The average Bonchev–Trinajstić information content (AvgIpc) is 2.38. The fraction of sp³-hybridized carbons (Fsp3) is 0.417. The van der Waals surface area contributed by atoms with Crippen LogP contribution in [0.3, 0.4) is 0 Å². The number of nitrogens with two attached hydrogens (primary N) is 1. The Bertz CT molecular complexity index is 445. The van der Waals surface area contributed by atoms with Crippen LogP contribution in [0.25, 0.3) is 0 Å². The lowest BCUT2D eigenvalue weighted by Crippen LogP contribution is -2.34. The summed E-state index contributed by atoms with van der Waals surface area (Å²) in [5.74, 6) is 0.0167. The summed E-state index contributed by atoms with van der Waals surface area (Å²) in [4.78, 5) is 17.8. The van der Waals surface area contributed by atoms with Crippen molar-refractivity contribution in [2.24, 2.45) is 10.9 Å². The zero-order valence-electron chi connectivity index (χ0n) is 10.6. The number of oxime groups is 1. The number of aryl methyl sites for hydroxylation is 1. The summed E-state index contributed by atoms with van der Waals surface area (Å²) in [7, 11) is 0. The van der Waals surface area contributed by atoms with E-state index in [1.807, 2.05) is 13.8 Å². The monoisotopic (exact) mass is 250 g/mol. The molecule has 0 aliphatic carbocycles. The van der Waals surface area contributed by atoms with Crippen molar-refractivity contribution >= 4 is 11.7 Å². The van der Waals surface area contributed by atoms with E-state index in [0.717, 1.165) is 5.56 Å². The van der Waals surface area contributed by atoms with Gasteiger partial charge in [0.1, 0.15) is 5.84 Å². The van der Waals surface area contributed by atoms with Crippen molar-refractivity contribution in [1.29, 1.82) is 0 Å². The maximum Gasteiger partial charge on any atom is 0.255 e. The van der Waals surface area contributed by atoms with Crippen LogP contribution >= 0.6 is 0 Å². The molecule has 1 aromatic heterocycles. The Hall–Kier alpha value is -2.11. The van der Waals surface area contributed by atoms with E-state index in [4.69, 9.17) is 10.9 Å².